The van der Waals surface area contributed by atoms with Crippen LogP contribution in [0.1, 0.15) is 0 Å². The Balaban J connectivity index is 1.71. The van der Waals surface area contributed by atoms with Gasteiger partial charge in [0, 0.05) is 29.1 Å². The van der Waals surface area contributed by atoms with Gasteiger partial charge in [0.15, 0.2) is 0 Å². The van der Waals surface area contributed by atoms with Crippen LogP contribution in [0.3, 0.4) is 0 Å². The Morgan fingerprint density at radius 2 is 2.04 bits per heavy atom. The molecule has 4 atom stereocenters. The number of fused-ring (bicyclic) bond motifs is 2. The number of thioether (sulfide) groups is 1. The summed E-state index contributed by atoms with van der Waals surface area (Å²) in [5.41, 5.74) is 0.768. The largest absolute Gasteiger partial charge is 0.481 e. The first kappa shape index (κ1) is 14.8. The first-order valence-electron chi connectivity index (χ1n) is 7.41. The minimum absolute atomic E-state index is 0.0575. The van der Waals surface area contributed by atoms with E-state index in [1.165, 1.54) is 0 Å². The molecular formula is C17H14ClNO3S. The van der Waals surface area contributed by atoms with Gasteiger partial charge < -0.3 is 10.0 Å². The maximum absolute atomic E-state index is 12.9. The highest BCUT2D eigenvalue weighted by atomic mass is 35.5. The zero-order valence-electron chi connectivity index (χ0n) is 12.1. The van der Waals surface area contributed by atoms with Gasteiger partial charge in [-0.15, -0.1) is 11.8 Å². The molecule has 4 rings (SSSR count). The van der Waals surface area contributed by atoms with Crippen molar-refractivity contribution in [3.63, 3.8) is 0 Å². The molecule has 1 amide bonds. The predicted octanol–water partition coefficient (Wildman–Crippen LogP) is 3.39. The molecule has 0 aromatic heterocycles. The van der Waals surface area contributed by atoms with Crippen molar-refractivity contribution < 1.29 is 14.7 Å². The zero-order valence-corrected chi connectivity index (χ0v) is 13.6. The smallest absolute Gasteiger partial charge is 0.308 e. The molecule has 0 bridgehead atoms. The Labute approximate surface area is 142 Å². The number of amides is 1. The molecule has 1 aromatic rings. The summed E-state index contributed by atoms with van der Waals surface area (Å²) in [4.78, 5) is 27.5. The number of carboxylic acid groups (broad SMARTS) is 1. The van der Waals surface area contributed by atoms with E-state index in [0.29, 0.717) is 11.6 Å². The third-order valence-corrected chi connectivity index (χ3v) is 6.03. The van der Waals surface area contributed by atoms with E-state index in [0.717, 1.165) is 10.6 Å². The van der Waals surface area contributed by atoms with Gasteiger partial charge in [0.25, 0.3) is 0 Å². The summed E-state index contributed by atoms with van der Waals surface area (Å²) in [5.74, 6) is -2.42. The molecule has 3 aliphatic rings. The van der Waals surface area contributed by atoms with Crippen LogP contribution < -0.4 is 4.90 Å². The van der Waals surface area contributed by atoms with E-state index in [9.17, 15) is 14.7 Å². The van der Waals surface area contributed by atoms with Crippen molar-refractivity contribution in [3.8, 4) is 0 Å². The quantitative estimate of drug-likeness (QED) is 0.890. The Morgan fingerprint density at radius 1 is 1.30 bits per heavy atom. The van der Waals surface area contributed by atoms with E-state index >= 15 is 0 Å². The molecule has 118 valence electrons. The minimum Gasteiger partial charge on any atom is -0.481 e. The van der Waals surface area contributed by atoms with Gasteiger partial charge in [0.1, 0.15) is 0 Å². The molecule has 1 aliphatic carbocycles. The lowest BCUT2D eigenvalue weighted by atomic mass is 9.71. The number of aliphatic carboxylic acids is 1. The number of allylic oxidation sites excluding steroid dienone is 2. The van der Waals surface area contributed by atoms with Crippen LogP contribution in [0, 0.1) is 23.7 Å². The van der Waals surface area contributed by atoms with E-state index in [1.54, 1.807) is 40.9 Å². The highest BCUT2D eigenvalue weighted by molar-refractivity contribution is 8.06. The molecule has 0 spiro atoms. The second-order valence-corrected chi connectivity index (χ2v) is 7.44. The fourth-order valence-electron chi connectivity index (χ4n) is 3.77. The number of anilines is 1. The molecule has 1 N–H and O–H groups in total. The standard InChI is InChI=1S/C17H14ClNO3S/c18-10-1-3-11(4-2-10)19-8-9-7-13-12(5-6-23-13)15(17(21)22)14(9)16(19)20/h1-7,9,12,14-15H,8H2,(H,21,22)/t9-,12-,14-,15+/m0/s1. The van der Waals surface area contributed by atoms with Crippen molar-refractivity contribution in [2.45, 2.75) is 0 Å². The fraction of sp³-hybridized carbons (Fsp3) is 0.294. The maximum atomic E-state index is 12.9. The number of nitrogens with zero attached hydrogens (tertiary/aromatic N) is 1. The Hall–Kier alpha value is -1.72. The number of rotatable bonds is 2. The zero-order chi connectivity index (χ0) is 16.1. The molecule has 1 fully saturated rings. The number of hydrogen-bond donors (Lipinski definition) is 1. The summed E-state index contributed by atoms with van der Waals surface area (Å²) in [5, 5.41) is 12.2. The lowest BCUT2D eigenvalue weighted by molar-refractivity contribution is -0.148. The number of carbonyl (C=O) groups excluding carboxylic acids is 1. The summed E-state index contributed by atoms with van der Waals surface area (Å²) >= 11 is 7.47. The topological polar surface area (TPSA) is 57.6 Å². The van der Waals surface area contributed by atoms with E-state index in [1.807, 2.05) is 11.5 Å². The van der Waals surface area contributed by atoms with Gasteiger partial charge in [-0.3, -0.25) is 9.59 Å². The van der Waals surface area contributed by atoms with Crippen molar-refractivity contribution in [2.24, 2.45) is 23.7 Å². The van der Waals surface area contributed by atoms with Crippen LogP contribution in [-0.4, -0.2) is 23.5 Å². The third-order valence-electron chi connectivity index (χ3n) is 4.80. The number of carbonyl (C=O) groups is 2. The van der Waals surface area contributed by atoms with Crippen LogP contribution in [0.15, 0.2) is 46.7 Å². The summed E-state index contributed by atoms with van der Waals surface area (Å²) in [6.45, 7) is 0.520. The Kier molecular flexibility index (Phi) is 3.50. The average molecular weight is 348 g/mol. The number of hydrogen-bond acceptors (Lipinski definition) is 3. The van der Waals surface area contributed by atoms with Crippen molar-refractivity contribution in [2.75, 3.05) is 11.4 Å². The predicted molar refractivity (Wildman–Crippen MR) is 90.2 cm³/mol. The average Bonchev–Trinajstić information content (AvgIpc) is 3.10. The molecule has 23 heavy (non-hydrogen) atoms. The Morgan fingerprint density at radius 3 is 2.74 bits per heavy atom. The van der Waals surface area contributed by atoms with Crippen LogP contribution in [0.2, 0.25) is 5.02 Å². The van der Waals surface area contributed by atoms with Crippen LogP contribution in [0.5, 0.6) is 0 Å². The van der Waals surface area contributed by atoms with Crippen LogP contribution in [0.25, 0.3) is 0 Å². The molecule has 2 aliphatic heterocycles. The fourth-order valence-corrected chi connectivity index (χ4v) is 4.94. The summed E-state index contributed by atoms with van der Waals surface area (Å²) in [6.07, 6.45) is 4.00. The SMILES string of the molecule is O=C(O)[C@H]1[C@H]2C(=O)N(c3ccc(Cl)cc3)C[C@@H]2C=C2SC=C[C@@H]21. The van der Waals surface area contributed by atoms with E-state index in [2.05, 4.69) is 6.08 Å². The molecule has 0 radical (unpaired) electrons. The molecule has 1 saturated heterocycles. The monoisotopic (exact) mass is 347 g/mol. The number of carboxylic acids is 1. The second-order valence-electron chi connectivity index (χ2n) is 6.02. The van der Waals surface area contributed by atoms with Gasteiger partial charge in [0.2, 0.25) is 5.91 Å². The lowest BCUT2D eigenvalue weighted by Crippen LogP contribution is -2.39. The van der Waals surface area contributed by atoms with Gasteiger partial charge in [-0.2, -0.15) is 0 Å². The van der Waals surface area contributed by atoms with Gasteiger partial charge in [-0.05, 0) is 34.6 Å². The van der Waals surface area contributed by atoms with Gasteiger partial charge in [0.05, 0.1) is 11.8 Å². The highest BCUT2D eigenvalue weighted by Gasteiger charge is 2.53. The molecule has 4 nitrogen and oxygen atoms in total. The summed E-state index contributed by atoms with van der Waals surface area (Å²) in [7, 11) is 0. The summed E-state index contributed by atoms with van der Waals surface area (Å²) in [6, 6.07) is 7.09. The highest BCUT2D eigenvalue weighted by Crippen LogP contribution is 2.50. The van der Waals surface area contributed by atoms with E-state index in [4.69, 9.17) is 11.6 Å². The third kappa shape index (κ3) is 2.30. The second kappa shape index (κ2) is 5.42. The van der Waals surface area contributed by atoms with Crippen molar-refractivity contribution >= 4 is 40.9 Å². The first-order chi connectivity index (χ1) is 11.1. The number of benzene rings is 1. The van der Waals surface area contributed by atoms with Crippen molar-refractivity contribution in [1.82, 2.24) is 0 Å². The summed E-state index contributed by atoms with van der Waals surface area (Å²) < 4.78 is 0. The molecule has 6 heteroatoms. The van der Waals surface area contributed by atoms with E-state index in [-0.39, 0.29) is 17.7 Å². The van der Waals surface area contributed by atoms with Crippen LogP contribution in [-0.2, 0) is 9.59 Å². The lowest BCUT2D eigenvalue weighted by Gasteiger charge is -2.31. The molecule has 2 heterocycles. The molecule has 0 saturated carbocycles. The minimum atomic E-state index is -0.894. The van der Waals surface area contributed by atoms with E-state index < -0.39 is 17.8 Å². The molecule has 1 aromatic carbocycles. The number of halogens is 1. The maximum Gasteiger partial charge on any atom is 0.308 e. The van der Waals surface area contributed by atoms with Crippen molar-refractivity contribution in [1.29, 1.82) is 0 Å². The van der Waals surface area contributed by atoms with Crippen LogP contribution in [0.4, 0.5) is 5.69 Å². The Bertz CT molecular complexity index is 743. The van der Waals surface area contributed by atoms with Gasteiger partial charge in [-0.25, -0.2) is 0 Å². The molecular weight excluding hydrogens is 334 g/mol. The van der Waals surface area contributed by atoms with Gasteiger partial charge in [-0.1, -0.05) is 23.8 Å². The normalized spacial score (nSPS) is 31.8. The first-order valence-corrected chi connectivity index (χ1v) is 8.67. The molecule has 0 unspecified atom stereocenters. The van der Waals surface area contributed by atoms with Gasteiger partial charge >= 0.3 is 5.97 Å². The van der Waals surface area contributed by atoms with Crippen molar-refractivity contribution in [3.05, 3.63) is 51.8 Å². The van der Waals surface area contributed by atoms with Crippen LogP contribution >= 0.6 is 23.4 Å².